The van der Waals surface area contributed by atoms with Gasteiger partial charge in [-0.1, -0.05) is 24.3 Å². The Morgan fingerprint density at radius 1 is 1.24 bits per heavy atom. The molecule has 2 N–H and O–H groups in total. The molecule has 0 aliphatic rings. The van der Waals surface area contributed by atoms with E-state index in [-0.39, 0.29) is 17.5 Å². The Balaban J connectivity index is 1.67. The number of sulfone groups is 1. The molecular formula is C17H16FN3O3S. The molecule has 0 saturated carbocycles. The van der Waals surface area contributed by atoms with Crippen molar-refractivity contribution in [1.29, 1.82) is 0 Å². The van der Waals surface area contributed by atoms with E-state index in [1.807, 2.05) is 0 Å². The third kappa shape index (κ3) is 3.85. The van der Waals surface area contributed by atoms with Crippen LogP contribution in [0.2, 0.25) is 0 Å². The lowest BCUT2D eigenvalue weighted by Crippen LogP contribution is -2.30. The average molecular weight is 361 g/mol. The summed E-state index contributed by atoms with van der Waals surface area (Å²) in [6, 6.07) is 11.5. The summed E-state index contributed by atoms with van der Waals surface area (Å²) in [6.07, 6.45) is 0. The van der Waals surface area contributed by atoms with Crippen LogP contribution >= 0.6 is 0 Å². The van der Waals surface area contributed by atoms with Crippen molar-refractivity contribution in [2.45, 2.75) is 18.6 Å². The average Bonchev–Trinajstić information content (AvgIpc) is 3.01. The number of rotatable bonds is 5. The first-order chi connectivity index (χ1) is 11.8. The normalized spacial score (nSPS) is 11.6. The van der Waals surface area contributed by atoms with Crippen molar-refractivity contribution in [1.82, 2.24) is 15.3 Å². The lowest BCUT2D eigenvalue weighted by Gasteiger charge is -2.06. The van der Waals surface area contributed by atoms with E-state index in [4.69, 9.17) is 0 Å². The predicted octanol–water partition coefficient (Wildman–Crippen LogP) is 2.10. The van der Waals surface area contributed by atoms with E-state index in [0.29, 0.717) is 22.2 Å². The van der Waals surface area contributed by atoms with Crippen molar-refractivity contribution in [2.24, 2.45) is 0 Å². The van der Waals surface area contributed by atoms with Crippen LogP contribution in [-0.4, -0.2) is 30.0 Å². The Kier molecular flexibility index (Phi) is 4.54. The first kappa shape index (κ1) is 17.1. The fraction of sp³-hybridized carbons (Fsp3) is 0.176. The van der Waals surface area contributed by atoms with Gasteiger partial charge in [-0.3, -0.25) is 4.79 Å². The maximum Gasteiger partial charge on any atom is 0.235 e. The number of nitrogens with zero attached hydrogens (tertiary/aromatic N) is 1. The number of amides is 1. The smallest absolute Gasteiger partial charge is 0.235 e. The van der Waals surface area contributed by atoms with Gasteiger partial charge in [0, 0.05) is 6.54 Å². The third-order valence-corrected chi connectivity index (χ3v) is 5.13. The topological polar surface area (TPSA) is 91.9 Å². The number of hydrogen-bond acceptors (Lipinski definition) is 4. The molecule has 2 aromatic carbocycles. The molecule has 1 aromatic heterocycles. The van der Waals surface area contributed by atoms with Gasteiger partial charge < -0.3 is 10.3 Å². The monoisotopic (exact) mass is 361 g/mol. The SMILES string of the molecule is Cc1ccc(CNC(=O)CS(=O)(=O)c2nc3ccccc3[nH]2)cc1F. The molecular weight excluding hydrogens is 345 g/mol. The summed E-state index contributed by atoms with van der Waals surface area (Å²) in [6.45, 7) is 1.68. The second-order valence-corrected chi connectivity index (χ2v) is 7.58. The Bertz CT molecular complexity index is 1010. The van der Waals surface area contributed by atoms with Crippen molar-refractivity contribution in [2.75, 3.05) is 5.75 Å². The van der Waals surface area contributed by atoms with Crippen LogP contribution in [-0.2, 0) is 21.2 Å². The van der Waals surface area contributed by atoms with Gasteiger partial charge in [0.2, 0.25) is 20.9 Å². The lowest BCUT2D eigenvalue weighted by atomic mass is 10.1. The summed E-state index contributed by atoms with van der Waals surface area (Å²) in [4.78, 5) is 18.7. The van der Waals surface area contributed by atoms with Crippen molar-refractivity contribution < 1.29 is 17.6 Å². The zero-order valence-corrected chi connectivity index (χ0v) is 14.2. The first-order valence-corrected chi connectivity index (χ1v) is 9.19. The number of aromatic nitrogens is 2. The number of H-pyrrole nitrogens is 1. The Morgan fingerprint density at radius 2 is 2.00 bits per heavy atom. The van der Waals surface area contributed by atoms with Gasteiger partial charge in [-0.05, 0) is 36.2 Å². The van der Waals surface area contributed by atoms with E-state index in [9.17, 15) is 17.6 Å². The number of benzene rings is 2. The summed E-state index contributed by atoms with van der Waals surface area (Å²) >= 11 is 0. The molecule has 3 rings (SSSR count). The molecule has 3 aromatic rings. The van der Waals surface area contributed by atoms with Crippen LogP contribution < -0.4 is 5.32 Å². The quantitative estimate of drug-likeness (QED) is 0.728. The number of halogens is 1. The maximum absolute atomic E-state index is 13.5. The van der Waals surface area contributed by atoms with E-state index in [1.165, 1.54) is 6.07 Å². The fourth-order valence-electron chi connectivity index (χ4n) is 2.32. The number of para-hydroxylation sites is 2. The molecule has 0 radical (unpaired) electrons. The van der Waals surface area contributed by atoms with Crippen LogP contribution in [0.1, 0.15) is 11.1 Å². The van der Waals surface area contributed by atoms with Crippen molar-refractivity contribution in [3.05, 3.63) is 59.4 Å². The largest absolute Gasteiger partial charge is 0.351 e. The van der Waals surface area contributed by atoms with Gasteiger partial charge >= 0.3 is 0 Å². The number of carbonyl (C=O) groups excluding carboxylic acids is 1. The van der Waals surface area contributed by atoms with E-state index >= 15 is 0 Å². The zero-order chi connectivity index (χ0) is 18.0. The summed E-state index contributed by atoms with van der Waals surface area (Å²) < 4.78 is 38.1. The third-order valence-electron chi connectivity index (χ3n) is 3.71. The van der Waals surface area contributed by atoms with Crippen LogP contribution in [0.3, 0.4) is 0 Å². The van der Waals surface area contributed by atoms with E-state index in [0.717, 1.165) is 0 Å². The molecule has 0 atom stereocenters. The Morgan fingerprint density at radius 3 is 2.72 bits per heavy atom. The summed E-state index contributed by atoms with van der Waals surface area (Å²) in [5.41, 5.74) is 2.15. The van der Waals surface area contributed by atoms with Crippen LogP contribution in [0.15, 0.2) is 47.6 Å². The molecule has 0 aliphatic carbocycles. The second kappa shape index (κ2) is 6.64. The zero-order valence-electron chi connectivity index (χ0n) is 13.4. The van der Waals surface area contributed by atoms with Crippen molar-refractivity contribution >= 4 is 26.8 Å². The van der Waals surface area contributed by atoms with E-state index < -0.39 is 21.5 Å². The van der Waals surface area contributed by atoms with Gasteiger partial charge in [0.05, 0.1) is 11.0 Å². The minimum absolute atomic E-state index is 0.0473. The van der Waals surface area contributed by atoms with Gasteiger partial charge in [-0.15, -0.1) is 0 Å². The Labute approximate surface area is 144 Å². The number of hydrogen-bond donors (Lipinski definition) is 2. The van der Waals surface area contributed by atoms with E-state index in [1.54, 1.807) is 43.3 Å². The van der Waals surface area contributed by atoms with Crippen LogP contribution in [0.5, 0.6) is 0 Å². The van der Waals surface area contributed by atoms with Gasteiger partial charge in [-0.2, -0.15) is 0 Å². The highest BCUT2D eigenvalue weighted by molar-refractivity contribution is 7.91. The molecule has 1 amide bonds. The fourth-order valence-corrected chi connectivity index (χ4v) is 3.40. The Hall–Kier alpha value is -2.74. The summed E-state index contributed by atoms with van der Waals surface area (Å²) in [5.74, 6) is -1.79. The van der Waals surface area contributed by atoms with E-state index in [2.05, 4.69) is 15.3 Å². The molecule has 6 nitrogen and oxygen atoms in total. The van der Waals surface area contributed by atoms with Crippen LogP contribution in [0.4, 0.5) is 4.39 Å². The maximum atomic E-state index is 13.5. The molecule has 0 bridgehead atoms. The lowest BCUT2D eigenvalue weighted by molar-refractivity contribution is -0.118. The minimum atomic E-state index is -3.89. The number of aromatic amines is 1. The molecule has 8 heteroatoms. The molecule has 0 saturated heterocycles. The highest BCUT2D eigenvalue weighted by atomic mass is 32.2. The molecule has 130 valence electrons. The number of fused-ring (bicyclic) bond motifs is 1. The second-order valence-electron chi connectivity index (χ2n) is 5.68. The summed E-state index contributed by atoms with van der Waals surface area (Å²) in [5, 5.41) is 2.23. The standard InChI is InChI=1S/C17H16FN3O3S/c1-11-6-7-12(8-13(11)18)9-19-16(22)10-25(23,24)17-20-14-4-2-3-5-15(14)21-17/h2-8H,9-10H2,1H3,(H,19,22)(H,20,21). The molecule has 0 unspecified atom stereocenters. The minimum Gasteiger partial charge on any atom is -0.351 e. The predicted molar refractivity (Wildman–Crippen MR) is 91.1 cm³/mol. The molecule has 0 aliphatic heterocycles. The van der Waals surface area contributed by atoms with Crippen LogP contribution in [0, 0.1) is 12.7 Å². The van der Waals surface area contributed by atoms with Gasteiger partial charge in [0.25, 0.3) is 0 Å². The molecule has 1 heterocycles. The molecule has 0 fully saturated rings. The highest BCUT2D eigenvalue weighted by Crippen LogP contribution is 2.15. The molecule has 25 heavy (non-hydrogen) atoms. The first-order valence-electron chi connectivity index (χ1n) is 7.54. The van der Waals surface area contributed by atoms with Gasteiger partial charge in [0.15, 0.2) is 0 Å². The van der Waals surface area contributed by atoms with Crippen molar-refractivity contribution in [3.63, 3.8) is 0 Å². The van der Waals surface area contributed by atoms with Gasteiger partial charge in [0.1, 0.15) is 11.6 Å². The number of imidazole rings is 1. The molecule has 0 spiro atoms. The van der Waals surface area contributed by atoms with Crippen LogP contribution in [0.25, 0.3) is 11.0 Å². The van der Waals surface area contributed by atoms with Gasteiger partial charge in [-0.25, -0.2) is 17.8 Å². The number of aryl methyl sites for hydroxylation is 1. The number of nitrogens with one attached hydrogen (secondary N) is 2. The van der Waals surface area contributed by atoms with Crippen molar-refractivity contribution in [3.8, 4) is 0 Å². The highest BCUT2D eigenvalue weighted by Gasteiger charge is 2.23. The summed E-state index contributed by atoms with van der Waals surface area (Å²) in [7, 11) is -3.89. The number of carbonyl (C=O) groups is 1.